The molecule has 1 aromatic heterocycles. The van der Waals surface area contributed by atoms with Crippen molar-refractivity contribution in [3.63, 3.8) is 0 Å². The fourth-order valence-electron chi connectivity index (χ4n) is 3.27. The molecule has 1 aliphatic rings. The predicted octanol–water partition coefficient (Wildman–Crippen LogP) is 3.55. The van der Waals surface area contributed by atoms with E-state index in [9.17, 15) is 13.6 Å². The summed E-state index contributed by atoms with van der Waals surface area (Å²) < 4.78 is 27.5. The minimum Gasteiger partial charge on any atom is -0.337 e. The van der Waals surface area contributed by atoms with E-state index in [1.54, 1.807) is 11.1 Å². The Morgan fingerprint density at radius 3 is 2.68 bits per heavy atom. The van der Waals surface area contributed by atoms with Gasteiger partial charge in [0.1, 0.15) is 17.3 Å². The molecule has 0 saturated carbocycles. The predicted molar refractivity (Wildman–Crippen MR) is 90.1 cm³/mol. The van der Waals surface area contributed by atoms with E-state index in [1.165, 1.54) is 24.4 Å². The third kappa shape index (κ3) is 4.18. The highest BCUT2D eigenvalue weighted by molar-refractivity contribution is 5.92. The molecular weight excluding hydrogens is 324 g/mol. The highest BCUT2D eigenvalue weighted by atomic mass is 19.1. The van der Waals surface area contributed by atoms with Gasteiger partial charge in [0.25, 0.3) is 5.91 Å². The van der Waals surface area contributed by atoms with E-state index in [1.807, 2.05) is 6.92 Å². The molecule has 0 bridgehead atoms. The second-order valence-corrected chi connectivity index (χ2v) is 6.54. The minimum absolute atomic E-state index is 0.130. The molecule has 0 aliphatic carbocycles. The normalized spacial score (nSPS) is 17.6. The van der Waals surface area contributed by atoms with E-state index in [4.69, 9.17) is 0 Å². The van der Waals surface area contributed by atoms with Crippen LogP contribution in [0.4, 0.5) is 8.78 Å². The first-order valence-corrected chi connectivity index (χ1v) is 8.55. The highest BCUT2D eigenvalue weighted by Crippen LogP contribution is 2.24. The lowest BCUT2D eigenvalue weighted by Crippen LogP contribution is -2.40. The van der Waals surface area contributed by atoms with Crippen LogP contribution in [0.15, 0.2) is 30.6 Å². The van der Waals surface area contributed by atoms with Gasteiger partial charge < -0.3 is 4.90 Å². The molecule has 0 radical (unpaired) electrons. The smallest absolute Gasteiger partial charge is 0.274 e. The number of benzene rings is 1. The summed E-state index contributed by atoms with van der Waals surface area (Å²) in [6.45, 7) is 3.09. The molecule has 1 saturated heterocycles. The number of amides is 1. The highest BCUT2D eigenvalue weighted by Gasteiger charge is 2.25. The zero-order valence-electron chi connectivity index (χ0n) is 14.2. The fraction of sp³-hybridized carbons (Fsp3) is 0.421. The number of carbonyl (C=O) groups excluding carboxylic acids is 1. The Morgan fingerprint density at radius 2 is 2.00 bits per heavy atom. The molecule has 132 valence electrons. The van der Waals surface area contributed by atoms with Crippen LogP contribution in [0.2, 0.25) is 0 Å². The molecule has 2 aromatic rings. The monoisotopic (exact) mass is 345 g/mol. The number of halogens is 2. The second kappa shape index (κ2) is 7.68. The van der Waals surface area contributed by atoms with Gasteiger partial charge in [-0.25, -0.2) is 13.8 Å². The van der Waals surface area contributed by atoms with Crippen molar-refractivity contribution in [1.29, 1.82) is 0 Å². The Morgan fingerprint density at radius 1 is 1.24 bits per heavy atom. The number of aromatic nitrogens is 2. The molecule has 4 nitrogen and oxygen atoms in total. The van der Waals surface area contributed by atoms with Crippen LogP contribution in [0.1, 0.15) is 41.0 Å². The van der Waals surface area contributed by atoms with Gasteiger partial charge in [-0.15, -0.1) is 0 Å². The Hall–Kier alpha value is -2.37. The number of rotatable bonds is 4. The van der Waals surface area contributed by atoms with Crippen molar-refractivity contribution < 1.29 is 13.6 Å². The van der Waals surface area contributed by atoms with Crippen molar-refractivity contribution in [3.8, 4) is 0 Å². The summed E-state index contributed by atoms with van der Waals surface area (Å²) in [7, 11) is 0. The van der Waals surface area contributed by atoms with Gasteiger partial charge in [-0.2, -0.15) is 0 Å². The molecule has 0 N–H and O–H groups in total. The first-order valence-electron chi connectivity index (χ1n) is 8.55. The number of nitrogens with zero attached hydrogens (tertiary/aromatic N) is 3. The summed E-state index contributed by atoms with van der Waals surface area (Å²) in [5, 5.41) is 0. The third-order valence-corrected chi connectivity index (χ3v) is 4.67. The summed E-state index contributed by atoms with van der Waals surface area (Å²) in [6, 6.07) is 3.94. The van der Waals surface area contributed by atoms with E-state index < -0.39 is 11.6 Å². The Kier molecular flexibility index (Phi) is 5.36. The zero-order valence-corrected chi connectivity index (χ0v) is 14.2. The van der Waals surface area contributed by atoms with E-state index in [-0.39, 0.29) is 17.4 Å². The van der Waals surface area contributed by atoms with E-state index in [0.717, 1.165) is 18.5 Å². The first-order chi connectivity index (χ1) is 12.0. The van der Waals surface area contributed by atoms with E-state index in [0.29, 0.717) is 31.6 Å². The summed E-state index contributed by atoms with van der Waals surface area (Å²) in [5.74, 6) is -0.901. The van der Waals surface area contributed by atoms with Crippen LogP contribution in [-0.2, 0) is 6.42 Å². The number of hydrogen-bond acceptors (Lipinski definition) is 3. The van der Waals surface area contributed by atoms with E-state index >= 15 is 0 Å². The van der Waals surface area contributed by atoms with Gasteiger partial charge in [-0.05, 0) is 50.7 Å². The molecule has 0 unspecified atom stereocenters. The molecule has 1 fully saturated rings. The molecule has 1 amide bonds. The molecule has 1 aromatic carbocycles. The SMILES string of the molecule is Cc1cnc(C(=O)N2CCC[C@@H](CCc3c(F)cccc3F)C2)cn1. The summed E-state index contributed by atoms with van der Waals surface area (Å²) in [5.41, 5.74) is 1.24. The Bertz CT molecular complexity index is 729. The average molecular weight is 345 g/mol. The Balaban J connectivity index is 1.61. The fourth-order valence-corrected chi connectivity index (χ4v) is 3.27. The van der Waals surface area contributed by atoms with Crippen LogP contribution in [0.3, 0.4) is 0 Å². The maximum absolute atomic E-state index is 13.7. The van der Waals surface area contributed by atoms with Crippen LogP contribution < -0.4 is 0 Å². The second-order valence-electron chi connectivity index (χ2n) is 6.54. The molecule has 6 heteroatoms. The number of likely N-dealkylation sites (tertiary alicyclic amines) is 1. The van der Waals surface area contributed by atoms with Crippen molar-refractivity contribution in [2.75, 3.05) is 13.1 Å². The van der Waals surface area contributed by atoms with Crippen LogP contribution in [-0.4, -0.2) is 33.9 Å². The largest absolute Gasteiger partial charge is 0.337 e. The van der Waals surface area contributed by atoms with Gasteiger partial charge in [0, 0.05) is 24.8 Å². The van der Waals surface area contributed by atoms with Crippen molar-refractivity contribution in [2.24, 2.45) is 5.92 Å². The van der Waals surface area contributed by atoms with Gasteiger partial charge in [-0.1, -0.05) is 6.07 Å². The van der Waals surface area contributed by atoms with Gasteiger partial charge >= 0.3 is 0 Å². The maximum Gasteiger partial charge on any atom is 0.274 e. The minimum atomic E-state index is -0.501. The lowest BCUT2D eigenvalue weighted by atomic mass is 9.91. The third-order valence-electron chi connectivity index (χ3n) is 4.67. The molecule has 2 heterocycles. The maximum atomic E-state index is 13.7. The molecule has 25 heavy (non-hydrogen) atoms. The summed E-state index contributed by atoms with van der Waals surface area (Å²) >= 11 is 0. The van der Waals surface area contributed by atoms with E-state index in [2.05, 4.69) is 9.97 Å². The number of piperidine rings is 1. The topological polar surface area (TPSA) is 46.1 Å². The summed E-state index contributed by atoms with van der Waals surface area (Å²) in [4.78, 5) is 22.6. The average Bonchev–Trinajstić information content (AvgIpc) is 2.62. The number of hydrogen-bond donors (Lipinski definition) is 0. The zero-order chi connectivity index (χ0) is 17.8. The van der Waals surface area contributed by atoms with Crippen molar-refractivity contribution >= 4 is 5.91 Å². The lowest BCUT2D eigenvalue weighted by Gasteiger charge is -2.32. The Labute approximate surface area is 145 Å². The van der Waals surface area contributed by atoms with Crippen molar-refractivity contribution in [3.05, 3.63) is 59.2 Å². The van der Waals surface area contributed by atoms with Gasteiger partial charge in [0.15, 0.2) is 0 Å². The number of carbonyl (C=O) groups is 1. The van der Waals surface area contributed by atoms with Gasteiger partial charge in [-0.3, -0.25) is 9.78 Å². The lowest BCUT2D eigenvalue weighted by molar-refractivity contribution is 0.0661. The number of aryl methyl sites for hydroxylation is 1. The molecule has 3 rings (SSSR count). The molecule has 1 atom stereocenters. The van der Waals surface area contributed by atoms with Crippen LogP contribution in [0.25, 0.3) is 0 Å². The van der Waals surface area contributed by atoms with Crippen LogP contribution >= 0.6 is 0 Å². The van der Waals surface area contributed by atoms with Crippen molar-refractivity contribution in [1.82, 2.24) is 14.9 Å². The first kappa shape index (κ1) is 17.5. The quantitative estimate of drug-likeness (QED) is 0.851. The van der Waals surface area contributed by atoms with Gasteiger partial charge in [0.2, 0.25) is 0 Å². The standard InChI is InChI=1S/C19H21F2N3O/c1-13-10-23-18(11-22-13)19(25)24-9-3-4-14(12-24)7-8-15-16(20)5-2-6-17(15)21/h2,5-6,10-11,14H,3-4,7-9,12H2,1H3/t14-/m0/s1. The van der Waals surface area contributed by atoms with Crippen LogP contribution in [0.5, 0.6) is 0 Å². The van der Waals surface area contributed by atoms with Crippen LogP contribution in [0, 0.1) is 24.5 Å². The molecule has 0 spiro atoms. The molecular formula is C19H21F2N3O. The van der Waals surface area contributed by atoms with Gasteiger partial charge in [0.05, 0.1) is 11.9 Å². The van der Waals surface area contributed by atoms with Crippen molar-refractivity contribution in [2.45, 2.75) is 32.6 Å². The summed E-state index contributed by atoms with van der Waals surface area (Å²) in [6.07, 6.45) is 5.91. The molecule has 1 aliphatic heterocycles.